The van der Waals surface area contributed by atoms with Gasteiger partial charge in [0.25, 0.3) is 0 Å². The van der Waals surface area contributed by atoms with E-state index in [9.17, 15) is 4.79 Å². The van der Waals surface area contributed by atoms with E-state index in [1.807, 2.05) is 11.7 Å². The van der Waals surface area contributed by atoms with Crippen molar-refractivity contribution in [1.82, 2.24) is 20.4 Å². The average molecular weight is 329 g/mol. The van der Waals surface area contributed by atoms with E-state index < -0.39 is 0 Å². The van der Waals surface area contributed by atoms with Gasteiger partial charge in [0, 0.05) is 31.2 Å². The topological polar surface area (TPSA) is 59.0 Å². The van der Waals surface area contributed by atoms with Gasteiger partial charge in [-0.25, -0.2) is 0 Å². The summed E-state index contributed by atoms with van der Waals surface area (Å²) < 4.78 is 1.93. The van der Waals surface area contributed by atoms with Crippen LogP contribution in [0.3, 0.4) is 0 Å². The number of amides is 1. The van der Waals surface area contributed by atoms with Gasteiger partial charge in [0.05, 0.1) is 5.69 Å². The third kappa shape index (κ3) is 4.71. The molecule has 1 aromatic rings. The van der Waals surface area contributed by atoms with Crippen molar-refractivity contribution >= 4 is 18.3 Å². The van der Waals surface area contributed by atoms with E-state index >= 15 is 0 Å². The molecule has 2 rings (SSSR count). The second-order valence-corrected chi connectivity index (χ2v) is 6.24. The number of rotatable bonds is 5. The lowest BCUT2D eigenvalue weighted by atomic mass is 9.92. The van der Waals surface area contributed by atoms with Gasteiger partial charge in [0.2, 0.25) is 5.91 Å². The Morgan fingerprint density at radius 2 is 2.18 bits per heavy atom. The molecule has 0 aliphatic carbocycles. The molecule has 0 saturated carbocycles. The highest BCUT2D eigenvalue weighted by Gasteiger charge is 2.24. The number of hydrogen-bond acceptors (Lipinski definition) is 3. The molecule has 126 valence electrons. The van der Waals surface area contributed by atoms with Crippen molar-refractivity contribution in [3.8, 4) is 0 Å². The van der Waals surface area contributed by atoms with Crippen molar-refractivity contribution < 1.29 is 4.79 Å². The molecule has 1 aliphatic rings. The van der Waals surface area contributed by atoms with Crippen molar-refractivity contribution in [2.75, 3.05) is 13.1 Å². The van der Waals surface area contributed by atoms with Crippen LogP contribution >= 0.6 is 12.4 Å². The van der Waals surface area contributed by atoms with Crippen molar-refractivity contribution in [3.63, 3.8) is 0 Å². The van der Waals surface area contributed by atoms with Gasteiger partial charge in [0.1, 0.15) is 0 Å². The lowest BCUT2D eigenvalue weighted by Crippen LogP contribution is -2.42. The standard InChI is InChI=1S/C16H28N4O.ClH/c1-11-10-14(7-9-17-11)16(21)18-8-5-6-15-12(2)19-20(4)13(15)3;/h11,14,17H,5-10H2,1-4H3,(H,18,21);1H/t11-,14-;/m0./s1. The Bertz CT molecular complexity index is 501. The summed E-state index contributed by atoms with van der Waals surface area (Å²) in [6.07, 6.45) is 3.86. The van der Waals surface area contributed by atoms with Crippen LogP contribution in [-0.2, 0) is 18.3 Å². The highest BCUT2D eigenvalue weighted by molar-refractivity contribution is 5.85. The van der Waals surface area contributed by atoms with Gasteiger partial charge in [-0.2, -0.15) is 5.10 Å². The molecule has 2 heterocycles. The molecular formula is C16H29ClN4O. The zero-order chi connectivity index (χ0) is 15.4. The van der Waals surface area contributed by atoms with E-state index in [2.05, 4.69) is 36.5 Å². The van der Waals surface area contributed by atoms with Crippen LogP contribution in [0.2, 0.25) is 0 Å². The Morgan fingerprint density at radius 3 is 2.77 bits per heavy atom. The van der Waals surface area contributed by atoms with Crippen molar-refractivity contribution in [3.05, 3.63) is 17.0 Å². The van der Waals surface area contributed by atoms with Crippen molar-refractivity contribution in [2.45, 2.75) is 52.5 Å². The van der Waals surface area contributed by atoms with Gasteiger partial charge >= 0.3 is 0 Å². The zero-order valence-electron chi connectivity index (χ0n) is 14.1. The van der Waals surface area contributed by atoms with Crippen LogP contribution in [-0.4, -0.2) is 34.8 Å². The Kier molecular flexibility index (Phi) is 7.36. The van der Waals surface area contributed by atoms with E-state index in [0.29, 0.717) is 6.04 Å². The average Bonchev–Trinajstić information content (AvgIpc) is 2.69. The number of piperidine rings is 1. The van der Waals surface area contributed by atoms with Gasteiger partial charge < -0.3 is 10.6 Å². The summed E-state index contributed by atoms with van der Waals surface area (Å²) in [5.41, 5.74) is 3.65. The fourth-order valence-corrected chi connectivity index (χ4v) is 3.17. The summed E-state index contributed by atoms with van der Waals surface area (Å²) in [6, 6.07) is 0.454. The highest BCUT2D eigenvalue weighted by atomic mass is 35.5. The number of hydrogen-bond donors (Lipinski definition) is 2. The number of halogens is 1. The Hall–Kier alpha value is -1.07. The summed E-state index contributed by atoms with van der Waals surface area (Å²) in [4.78, 5) is 12.1. The first-order valence-corrected chi connectivity index (χ1v) is 7.99. The SMILES string of the molecule is Cc1nn(C)c(C)c1CCCNC(=O)[C@H]1CCN[C@@H](C)C1.Cl. The molecule has 1 fully saturated rings. The van der Waals surface area contributed by atoms with Crippen LogP contribution in [0.1, 0.15) is 43.1 Å². The van der Waals surface area contributed by atoms with Crippen LogP contribution in [0.15, 0.2) is 0 Å². The van der Waals surface area contributed by atoms with Gasteiger partial charge in [-0.05, 0) is 58.6 Å². The third-order valence-corrected chi connectivity index (χ3v) is 4.56. The van der Waals surface area contributed by atoms with Gasteiger partial charge in [-0.3, -0.25) is 9.48 Å². The minimum atomic E-state index is 0. The molecule has 0 unspecified atom stereocenters. The smallest absolute Gasteiger partial charge is 0.223 e. The van der Waals surface area contributed by atoms with Gasteiger partial charge in [-0.15, -0.1) is 12.4 Å². The molecule has 0 bridgehead atoms. The minimum Gasteiger partial charge on any atom is -0.356 e. The molecule has 0 spiro atoms. The predicted octanol–water partition coefficient (Wildman–Crippen LogP) is 1.90. The lowest BCUT2D eigenvalue weighted by Gasteiger charge is -2.27. The molecule has 0 radical (unpaired) electrons. The summed E-state index contributed by atoms with van der Waals surface area (Å²) in [6.45, 7) is 8.01. The maximum absolute atomic E-state index is 12.1. The normalized spacial score (nSPS) is 21.3. The molecule has 5 nitrogen and oxygen atoms in total. The maximum atomic E-state index is 12.1. The van der Waals surface area contributed by atoms with E-state index in [0.717, 1.165) is 44.5 Å². The van der Waals surface area contributed by atoms with Crippen LogP contribution in [0.4, 0.5) is 0 Å². The monoisotopic (exact) mass is 328 g/mol. The van der Waals surface area contributed by atoms with Crippen molar-refractivity contribution in [1.29, 1.82) is 0 Å². The molecule has 2 atom stereocenters. The Morgan fingerprint density at radius 1 is 1.45 bits per heavy atom. The molecule has 1 amide bonds. The molecule has 1 aromatic heterocycles. The van der Waals surface area contributed by atoms with E-state index in [-0.39, 0.29) is 24.2 Å². The molecule has 2 N–H and O–H groups in total. The molecular weight excluding hydrogens is 300 g/mol. The minimum absolute atomic E-state index is 0. The van der Waals surface area contributed by atoms with Gasteiger partial charge in [0.15, 0.2) is 0 Å². The van der Waals surface area contributed by atoms with E-state index in [1.54, 1.807) is 0 Å². The fraction of sp³-hybridized carbons (Fsp3) is 0.750. The summed E-state index contributed by atoms with van der Waals surface area (Å²) in [5, 5.41) is 10.9. The summed E-state index contributed by atoms with van der Waals surface area (Å²) >= 11 is 0. The Labute approximate surface area is 139 Å². The number of aromatic nitrogens is 2. The molecule has 1 aliphatic heterocycles. The summed E-state index contributed by atoms with van der Waals surface area (Å²) in [7, 11) is 1.98. The number of nitrogens with zero attached hydrogens (tertiary/aromatic N) is 2. The van der Waals surface area contributed by atoms with Gasteiger partial charge in [-0.1, -0.05) is 0 Å². The fourth-order valence-electron chi connectivity index (χ4n) is 3.17. The number of carbonyl (C=O) groups excluding carboxylic acids is 1. The maximum Gasteiger partial charge on any atom is 0.223 e. The first-order chi connectivity index (χ1) is 9.99. The predicted molar refractivity (Wildman–Crippen MR) is 91.4 cm³/mol. The quantitative estimate of drug-likeness (QED) is 0.812. The van der Waals surface area contributed by atoms with Crippen LogP contribution in [0, 0.1) is 19.8 Å². The van der Waals surface area contributed by atoms with E-state index in [1.165, 1.54) is 11.3 Å². The largest absolute Gasteiger partial charge is 0.356 e. The Balaban J connectivity index is 0.00000242. The van der Waals surface area contributed by atoms with Crippen LogP contribution in [0.25, 0.3) is 0 Å². The first kappa shape index (κ1) is 19.0. The number of nitrogens with one attached hydrogen (secondary N) is 2. The molecule has 6 heteroatoms. The lowest BCUT2D eigenvalue weighted by molar-refractivity contribution is -0.126. The summed E-state index contributed by atoms with van der Waals surface area (Å²) in [5.74, 6) is 0.408. The second kappa shape index (κ2) is 8.53. The number of carbonyl (C=O) groups is 1. The molecule has 0 aromatic carbocycles. The highest BCUT2D eigenvalue weighted by Crippen LogP contribution is 2.16. The molecule has 1 saturated heterocycles. The number of aryl methyl sites for hydroxylation is 2. The van der Waals surface area contributed by atoms with Crippen LogP contribution < -0.4 is 10.6 Å². The first-order valence-electron chi connectivity index (χ1n) is 7.99. The zero-order valence-corrected chi connectivity index (χ0v) is 14.9. The second-order valence-electron chi connectivity index (χ2n) is 6.24. The third-order valence-electron chi connectivity index (χ3n) is 4.56. The van der Waals surface area contributed by atoms with Crippen LogP contribution in [0.5, 0.6) is 0 Å². The van der Waals surface area contributed by atoms with Crippen molar-refractivity contribution in [2.24, 2.45) is 13.0 Å². The van der Waals surface area contributed by atoms with E-state index in [4.69, 9.17) is 0 Å². The molecule has 22 heavy (non-hydrogen) atoms.